The number of unbranched alkanes of at least 4 members (excludes halogenated alkanes) is 41. The zero-order valence-corrected chi connectivity index (χ0v) is 54.5. The number of carbonyl (C=O) groups excluding carboxylic acids is 3. The first kappa shape index (κ1) is 78.6. The van der Waals surface area contributed by atoms with Crippen LogP contribution in [0.25, 0.3) is 0 Å². The van der Waals surface area contributed by atoms with Crippen molar-refractivity contribution in [2.24, 2.45) is 0 Å². The second-order valence-corrected chi connectivity index (χ2v) is 23.8. The maximum Gasteiger partial charge on any atom is 0.309 e. The van der Waals surface area contributed by atoms with Crippen LogP contribution in [0.1, 0.15) is 361 Å². The van der Waals surface area contributed by atoms with E-state index < -0.39 is 12.1 Å². The molecule has 6 heteroatoms. The minimum atomic E-state index is -0.818. The van der Waals surface area contributed by atoms with E-state index in [4.69, 9.17) is 14.2 Å². The van der Waals surface area contributed by atoms with E-state index in [9.17, 15) is 14.4 Å². The van der Waals surface area contributed by atoms with E-state index in [0.29, 0.717) is 12.8 Å². The first-order valence-corrected chi connectivity index (χ1v) is 35.6. The normalized spacial score (nSPS) is 12.6. The van der Waals surface area contributed by atoms with Gasteiger partial charge < -0.3 is 14.2 Å². The van der Waals surface area contributed by atoms with Crippen molar-refractivity contribution in [3.63, 3.8) is 0 Å². The van der Waals surface area contributed by atoms with E-state index in [0.717, 1.165) is 77.0 Å². The summed E-state index contributed by atoms with van der Waals surface area (Å²) in [4.78, 5) is 38.4. The summed E-state index contributed by atoms with van der Waals surface area (Å²) in [5.74, 6) is -1.02. The lowest BCUT2D eigenvalue weighted by atomic mass is 10.0. The van der Waals surface area contributed by atoms with Gasteiger partial charge in [-0.05, 0) is 77.0 Å². The van der Waals surface area contributed by atoms with Crippen LogP contribution in [0.15, 0.2) is 85.1 Å². The predicted molar refractivity (Wildman–Crippen MR) is 358 cm³/mol. The van der Waals surface area contributed by atoms with Crippen molar-refractivity contribution in [3.05, 3.63) is 85.1 Å². The molecule has 0 N–H and O–H groups in total. The average Bonchev–Trinajstić information content (AvgIpc) is 3.47. The van der Waals surface area contributed by atoms with Crippen LogP contribution in [-0.2, 0) is 28.6 Å². The zero-order valence-electron chi connectivity index (χ0n) is 54.5. The molecule has 0 spiro atoms. The molecule has 0 rings (SSSR count). The Bertz CT molecular complexity index is 1550. The van der Waals surface area contributed by atoms with Crippen LogP contribution in [0.5, 0.6) is 0 Å². The third-order valence-electron chi connectivity index (χ3n) is 15.7. The molecule has 0 fully saturated rings. The molecule has 0 aromatic carbocycles. The van der Waals surface area contributed by atoms with E-state index in [1.54, 1.807) is 0 Å². The van der Waals surface area contributed by atoms with Crippen molar-refractivity contribution < 1.29 is 28.6 Å². The maximum atomic E-state index is 13.0. The van der Waals surface area contributed by atoms with Crippen molar-refractivity contribution in [1.29, 1.82) is 0 Å². The Hall–Kier alpha value is -3.41. The molecule has 0 aliphatic carbocycles. The molecule has 0 aromatic heterocycles. The molecule has 6 nitrogen and oxygen atoms in total. The Morgan fingerprint density at radius 3 is 0.854 bits per heavy atom. The summed E-state index contributed by atoms with van der Waals surface area (Å²) in [7, 11) is 0. The van der Waals surface area contributed by atoms with Gasteiger partial charge in [-0.3, -0.25) is 14.4 Å². The molecule has 0 amide bonds. The summed E-state index contributed by atoms with van der Waals surface area (Å²) in [5, 5.41) is 0. The molecule has 0 bridgehead atoms. The number of rotatable bonds is 65. The highest BCUT2D eigenvalue weighted by Crippen LogP contribution is 2.18. The third-order valence-corrected chi connectivity index (χ3v) is 15.7. The van der Waals surface area contributed by atoms with Gasteiger partial charge in [-0.1, -0.05) is 350 Å². The van der Waals surface area contributed by atoms with Gasteiger partial charge in [-0.2, -0.15) is 0 Å². The summed E-state index contributed by atoms with van der Waals surface area (Å²) < 4.78 is 16.9. The topological polar surface area (TPSA) is 78.9 Å². The monoisotopic (exact) mass is 1140 g/mol. The highest BCUT2D eigenvalue weighted by atomic mass is 16.6. The summed E-state index contributed by atoms with van der Waals surface area (Å²) >= 11 is 0. The Morgan fingerprint density at radius 1 is 0.268 bits per heavy atom. The third kappa shape index (κ3) is 67.4. The quantitative estimate of drug-likeness (QED) is 0.0261. The van der Waals surface area contributed by atoms with Gasteiger partial charge in [0.05, 0.1) is 6.42 Å². The SMILES string of the molecule is CC/C=C\C/C=C\C/C=C\C/C=C\C/C=C\CC(=O)OCC(COC(=O)CCCCCCCCCCCCCCCCCCCCCCCCCCCC)OC(=O)CCCCCCCCCCCCC/C=C\C/C=C\CCCCCCC. The number of esters is 3. The molecule has 0 heterocycles. The molecular weight excluding hydrogens is 1010 g/mol. The number of hydrogen-bond acceptors (Lipinski definition) is 6. The molecule has 0 aliphatic heterocycles. The molecule has 0 saturated carbocycles. The first-order chi connectivity index (χ1) is 40.5. The maximum absolute atomic E-state index is 13.0. The number of hydrogen-bond donors (Lipinski definition) is 0. The molecule has 474 valence electrons. The fourth-order valence-corrected chi connectivity index (χ4v) is 10.4. The van der Waals surface area contributed by atoms with Crippen molar-refractivity contribution in [2.45, 2.75) is 367 Å². The molecular formula is C76H134O6. The molecule has 1 unspecified atom stereocenters. The van der Waals surface area contributed by atoms with Crippen molar-refractivity contribution >= 4 is 17.9 Å². The van der Waals surface area contributed by atoms with Crippen molar-refractivity contribution in [3.8, 4) is 0 Å². The highest BCUT2D eigenvalue weighted by molar-refractivity contribution is 5.72. The second-order valence-electron chi connectivity index (χ2n) is 23.8. The minimum Gasteiger partial charge on any atom is -0.462 e. The highest BCUT2D eigenvalue weighted by Gasteiger charge is 2.19. The van der Waals surface area contributed by atoms with Gasteiger partial charge >= 0.3 is 17.9 Å². The van der Waals surface area contributed by atoms with Gasteiger partial charge in [-0.15, -0.1) is 0 Å². The lowest BCUT2D eigenvalue weighted by Gasteiger charge is -2.18. The van der Waals surface area contributed by atoms with Crippen LogP contribution in [0, 0.1) is 0 Å². The van der Waals surface area contributed by atoms with Crippen LogP contribution in [0.3, 0.4) is 0 Å². The number of carbonyl (C=O) groups is 3. The van der Waals surface area contributed by atoms with Crippen molar-refractivity contribution in [1.82, 2.24) is 0 Å². The smallest absolute Gasteiger partial charge is 0.309 e. The van der Waals surface area contributed by atoms with Gasteiger partial charge in [0.1, 0.15) is 13.2 Å². The second kappa shape index (κ2) is 70.1. The lowest BCUT2D eigenvalue weighted by molar-refractivity contribution is -0.166. The van der Waals surface area contributed by atoms with Gasteiger partial charge in [0.2, 0.25) is 0 Å². The van der Waals surface area contributed by atoms with Crippen molar-refractivity contribution in [2.75, 3.05) is 13.2 Å². The zero-order chi connectivity index (χ0) is 59.2. The van der Waals surface area contributed by atoms with E-state index in [1.165, 1.54) is 244 Å². The molecule has 1 atom stereocenters. The summed E-state index contributed by atoms with van der Waals surface area (Å²) in [6.07, 6.45) is 93.6. The van der Waals surface area contributed by atoms with E-state index in [2.05, 4.69) is 93.7 Å². The molecule has 82 heavy (non-hydrogen) atoms. The Balaban J connectivity index is 4.33. The largest absolute Gasteiger partial charge is 0.462 e. The van der Waals surface area contributed by atoms with Crippen LogP contribution >= 0.6 is 0 Å². The van der Waals surface area contributed by atoms with Crippen LogP contribution < -0.4 is 0 Å². The van der Waals surface area contributed by atoms with Gasteiger partial charge in [0, 0.05) is 12.8 Å². The average molecular weight is 1140 g/mol. The fourth-order valence-electron chi connectivity index (χ4n) is 10.4. The van der Waals surface area contributed by atoms with E-state index in [1.807, 2.05) is 12.2 Å². The van der Waals surface area contributed by atoms with E-state index >= 15 is 0 Å². The first-order valence-electron chi connectivity index (χ1n) is 35.6. The molecule has 0 saturated heterocycles. The Morgan fingerprint density at radius 2 is 0.524 bits per heavy atom. The Labute approximate surface area is 509 Å². The van der Waals surface area contributed by atoms with Crippen LogP contribution in [0.4, 0.5) is 0 Å². The minimum absolute atomic E-state index is 0.104. The fraction of sp³-hybridized carbons (Fsp3) is 0.776. The summed E-state index contributed by atoms with van der Waals surface area (Å²) in [6.45, 7) is 6.48. The standard InChI is InChI=1S/C76H134O6/c1-4-7-10-13-16-19-22-25-28-30-32-34-36-37-38-40-41-43-45-48-51-54-57-60-63-66-69-75(78)81-72-73(71-80-74(77)68-65-62-59-56-53-50-47-27-24-21-18-15-12-9-6-3)82-76(79)70-67-64-61-58-55-52-49-46-44-42-39-35-33-31-29-26-23-20-17-14-11-8-5-2/h9,12,18,21,23,26-27,31,33,47,53,56,62,65,73H,4-8,10-11,13-17,19-20,22,24-25,28-30,32,34-46,48-52,54-55,57-61,63-64,66-72H2,1-3H3/b12-9-,21-18-,26-23-,33-31-,47-27-,56-53-,65-62-. The summed E-state index contributed by atoms with van der Waals surface area (Å²) in [6, 6.07) is 0. The summed E-state index contributed by atoms with van der Waals surface area (Å²) in [5.41, 5.74) is 0. The van der Waals surface area contributed by atoms with Crippen LogP contribution in [0.2, 0.25) is 0 Å². The van der Waals surface area contributed by atoms with Gasteiger partial charge in [-0.25, -0.2) is 0 Å². The Kier molecular flexibility index (Phi) is 67.2. The molecule has 0 aliphatic rings. The number of ether oxygens (including phenoxy) is 3. The van der Waals surface area contributed by atoms with Gasteiger partial charge in [0.15, 0.2) is 6.10 Å². The predicted octanol–water partition coefficient (Wildman–Crippen LogP) is 24.6. The lowest BCUT2D eigenvalue weighted by Crippen LogP contribution is -2.30. The molecule has 0 radical (unpaired) electrons. The molecule has 0 aromatic rings. The number of allylic oxidation sites excluding steroid dienone is 13. The van der Waals surface area contributed by atoms with E-state index in [-0.39, 0.29) is 31.6 Å². The van der Waals surface area contributed by atoms with Crippen LogP contribution in [-0.4, -0.2) is 37.2 Å². The van der Waals surface area contributed by atoms with Gasteiger partial charge in [0.25, 0.3) is 0 Å².